The summed E-state index contributed by atoms with van der Waals surface area (Å²) in [5, 5.41) is 27.7. The molecule has 0 saturated heterocycles. The lowest BCUT2D eigenvalue weighted by molar-refractivity contribution is 0.573. The highest BCUT2D eigenvalue weighted by Crippen LogP contribution is 2.33. The summed E-state index contributed by atoms with van der Waals surface area (Å²) in [5.41, 5.74) is 4.62. The zero-order chi connectivity index (χ0) is 23.3. The number of thioether (sulfide) groups is 1. The molecule has 0 saturated carbocycles. The first kappa shape index (κ1) is 22.1. The van der Waals surface area contributed by atoms with Gasteiger partial charge in [0.2, 0.25) is 5.82 Å². The van der Waals surface area contributed by atoms with Crippen LogP contribution in [0, 0.1) is 11.3 Å². The van der Waals surface area contributed by atoms with E-state index in [1.54, 1.807) is 34.9 Å². The van der Waals surface area contributed by atoms with Crippen LogP contribution in [-0.2, 0) is 12.3 Å². The molecule has 0 amide bonds. The van der Waals surface area contributed by atoms with Crippen molar-refractivity contribution in [3.8, 4) is 23.1 Å². The Balaban J connectivity index is 1.45. The van der Waals surface area contributed by atoms with Crippen LogP contribution in [0.2, 0.25) is 0 Å². The summed E-state index contributed by atoms with van der Waals surface area (Å²) in [6.45, 7) is 0.464. The summed E-state index contributed by atoms with van der Waals surface area (Å²) in [4.78, 5) is 1.55. The van der Waals surface area contributed by atoms with Gasteiger partial charge >= 0.3 is 0 Å². The van der Waals surface area contributed by atoms with Crippen LogP contribution in [-0.4, -0.2) is 30.0 Å². The fraction of sp³-hybridized carbons (Fsp3) is 0.0800. The molecule has 0 radical (unpaired) electrons. The van der Waals surface area contributed by atoms with Crippen LogP contribution < -0.4 is 0 Å². The predicted molar refractivity (Wildman–Crippen MR) is 134 cm³/mol. The first-order valence-electron chi connectivity index (χ1n) is 10.5. The summed E-state index contributed by atoms with van der Waals surface area (Å²) < 4.78 is 2.92. The van der Waals surface area contributed by atoms with Crippen molar-refractivity contribution >= 4 is 27.7 Å². The summed E-state index contributed by atoms with van der Waals surface area (Å²) in [6, 6.07) is 27.8. The van der Waals surface area contributed by atoms with Crippen molar-refractivity contribution in [3.05, 3.63) is 106 Å². The number of tetrazole rings is 1. The molecule has 0 atom stereocenters. The van der Waals surface area contributed by atoms with Crippen LogP contribution >= 0.6 is 27.7 Å². The van der Waals surface area contributed by atoms with E-state index < -0.39 is 0 Å². The number of hydrogen-bond donors (Lipinski definition) is 0. The Morgan fingerprint density at radius 3 is 2.41 bits per heavy atom. The number of halogens is 1. The summed E-state index contributed by atoms with van der Waals surface area (Å²) in [7, 11) is 0. The molecule has 0 spiro atoms. The molecule has 0 unspecified atom stereocenters. The van der Waals surface area contributed by atoms with Gasteiger partial charge in [0.15, 0.2) is 0 Å². The zero-order valence-electron chi connectivity index (χ0n) is 17.9. The Bertz CT molecular complexity index is 1440. The van der Waals surface area contributed by atoms with Crippen LogP contribution in [0.15, 0.2) is 94.6 Å². The highest BCUT2D eigenvalue weighted by Gasteiger charge is 2.19. The van der Waals surface area contributed by atoms with Gasteiger partial charge in [-0.25, -0.2) is 4.68 Å². The van der Waals surface area contributed by atoms with Crippen LogP contribution in [0.5, 0.6) is 0 Å². The average molecular weight is 528 g/mol. The quantitative estimate of drug-likeness (QED) is 0.260. The maximum absolute atomic E-state index is 8.99. The van der Waals surface area contributed by atoms with E-state index in [-0.39, 0.29) is 0 Å². The van der Waals surface area contributed by atoms with E-state index in [2.05, 4.69) is 54.6 Å². The van der Waals surface area contributed by atoms with Crippen LogP contribution in [0.3, 0.4) is 0 Å². The van der Waals surface area contributed by atoms with Gasteiger partial charge in [-0.05, 0) is 52.7 Å². The minimum atomic E-state index is 0.464. The Labute approximate surface area is 209 Å². The fourth-order valence-corrected chi connectivity index (χ4v) is 4.72. The topological polar surface area (TPSA) is 85.2 Å². The molecule has 0 bridgehead atoms. The van der Waals surface area contributed by atoms with Gasteiger partial charge in [0.25, 0.3) is 0 Å². The molecule has 0 aliphatic carbocycles. The first-order valence-corrected chi connectivity index (χ1v) is 12.3. The maximum Gasteiger partial charge on any atom is 0.209 e. The van der Waals surface area contributed by atoms with E-state index in [1.165, 1.54) is 5.56 Å². The molecule has 5 rings (SSSR count). The monoisotopic (exact) mass is 527 g/mol. The molecule has 0 N–H and O–H groups in total. The lowest BCUT2D eigenvalue weighted by atomic mass is 10.1. The second kappa shape index (κ2) is 10.0. The first-order chi connectivity index (χ1) is 16.7. The van der Waals surface area contributed by atoms with Gasteiger partial charge in [-0.3, -0.25) is 0 Å². The zero-order valence-corrected chi connectivity index (χ0v) is 20.3. The molecule has 2 heterocycles. The number of aromatic nitrogens is 6. The van der Waals surface area contributed by atoms with Crippen molar-refractivity contribution in [3.63, 3.8) is 0 Å². The van der Waals surface area contributed by atoms with Crippen LogP contribution in [0.25, 0.3) is 17.1 Å². The summed E-state index contributed by atoms with van der Waals surface area (Å²) >= 11 is 5.18. The second-order valence-electron chi connectivity index (χ2n) is 7.48. The van der Waals surface area contributed by atoms with E-state index >= 15 is 0 Å². The molecule has 0 fully saturated rings. The number of nitriles is 1. The standard InChI is InChI=1S/C25H18BrN7S/c26-21-10-12-22(13-11-21)33-25(34-17-20-4-2-1-3-5-20)23(15-28-33)24-29-31-32(30-24)16-19-8-6-18(14-27)7-9-19/h1-13,15H,16-17H2. The Hall–Kier alpha value is -3.74. The molecule has 0 aliphatic rings. The van der Waals surface area contributed by atoms with Gasteiger partial charge in [0.05, 0.1) is 35.6 Å². The molecule has 2 aromatic heterocycles. The third-order valence-corrected chi connectivity index (χ3v) is 6.79. The highest BCUT2D eigenvalue weighted by atomic mass is 79.9. The molecule has 0 aliphatic heterocycles. The third kappa shape index (κ3) is 4.93. The van der Waals surface area contributed by atoms with Gasteiger partial charge in [-0.2, -0.15) is 15.2 Å². The van der Waals surface area contributed by atoms with Gasteiger partial charge in [-0.15, -0.1) is 22.0 Å². The maximum atomic E-state index is 8.99. The Morgan fingerprint density at radius 1 is 0.912 bits per heavy atom. The minimum absolute atomic E-state index is 0.464. The van der Waals surface area contributed by atoms with E-state index in [1.807, 2.05) is 59.3 Å². The van der Waals surface area contributed by atoms with Crippen LogP contribution in [0.4, 0.5) is 0 Å². The fourth-order valence-electron chi connectivity index (χ4n) is 3.39. The molecule has 3 aromatic carbocycles. The predicted octanol–water partition coefficient (Wildman–Crippen LogP) is 5.50. The van der Waals surface area contributed by atoms with E-state index in [4.69, 9.17) is 5.26 Å². The van der Waals surface area contributed by atoms with E-state index in [9.17, 15) is 0 Å². The van der Waals surface area contributed by atoms with E-state index in [0.717, 1.165) is 32.1 Å². The largest absolute Gasteiger partial charge is 0.226 e. The summed E-state index contributed by atoms with van der Waals surface area (Å²) in [6.07, 6.45) is 1.79. The number of rotatable bonds is 7. The van der Waals surface area contributed by atoms with Crippen molar-refractivity contribution in [2.45, 2.75) is 17.3 Å². The average Bonchev–Trinajstić information content (AvgIpc) is 3.51. The van der Waals surface area contributed by atoms with E-state index in [0.29, 0.717) is 17.9 Å². The number of hydrogen-bond acceptors (Lipinski definition) is 6. The third-order valence-electron chi connectivity index (χ3n) is 5.12. The minimum Gasteiger partial charge on any atom is -0.226 e. The second-order valence-corrected chi connectivity index (χ2v) is 9.36. The normalized spacial score (nSPS) is 10.8. The molecule has 166 valence electrons. The molecule has 7 nitrogen and oxygen atoms in total. The Kier molecular flexibility index (Phi) is 6.51. The molecule has 34 heavy (non-hydrogen) atoms. The molecule has 9 heteroatoms. The van der Waals surface area contributed by atoms with Crippen molar-refractivity contribution in [2.75, 3.05) is 0 Å². The molecular weight excluding hydrogens is 510 g/mol. The van der Waals surface area contributed by atoms with Gasteiger partial charge < -0.3 is 0 Å². The summed E-state index contributed by atoms with van der Waals surface area (Å²) in [5.74, 6) is 1.31. The molecule has 5 aromatic rings. The number of nitrogens with zero attached hydrogens (tertiary/aromatic N) is 7. The van der Waals surface area contributed by atoms with Crippen molar-refractivity contribution in [2.24, 2.45) is 0 Å². The highest BCUT2D eigenvalue weighted by molar-refractivity contribution is 9.10. The lowest BCUT2D eigenvalue weighted by Crippen LogP contribution is -2.04. The smallest absolute Gasteiger partial charge is 0.209 e. The number of benzene rings is 3. The van der Waals surface area contributed by atoms with Gasteiger partial charge in [0, 0.05) is 10.2 Å². The van der Waals surface area contributed by atoms with Crippen molar-refractivity contribution in [1.29, 1.82) is 5.26 Å². The van der Waals surface area contributed by atoms with Crippen LogP contribution in [0.1, 0.15) is 16.7 Å². The van der Waals surface area contributed by atoms with Crippen molar-refractivity contribution in [1.82, 2.24) is 30.0 Å². The van der Waals surface area contributed by atoms with Gasteiger partial charge in [-0.1, -0.05) is 58.4 Å². The van der Waals surface area contributed by atoms with Crippen molar-refractivity contribution < 1.29 is 0 Å². The lowest BCUT2D eigenvalue weighted by Gasteiger charge is -2.09. The Morgan fingerprint density at radius 2 is 1.68 bits per heavy atom. The molecular formula is C25H18BrN7S. The van der Waals surface area contributed by atoms with Gasteiger partial charge in [0.1, 0.15) is 5.03 Å². The SMILES string of the molecule is N#Cc1ccc(Cn2nnc(-c3cnn(-c4ccc(Br)cc4)c3SCc3ccccc3)n2)cc1.